The molecule has 1 aromatic carbocycles. The summed E-state index contributed by atoms with van der Waals surface area (Å²) in [7, 11) is 0. The second-order valence-electron chi connectivity index (χ2n) is 2.62. The van der Waals surface area contributed by atoms with Gasteiger partial charge >= 0.3 is 0 Å². The number of carbonyl (C=O) groups excluding carboxylic acids is 1. The smallest absolute Gasteiger partial charge is 0.147 e. The van der Waals surface area contributed by atoms with Crippen molar-refractivity contribution < 1.29 is 9.90 Å². The van der Waals surface area contributed by atoms with E-state index in [1.54, 1.807) is 18.2 Å². The van der Waals surface area contributed by atoms with E-state index in [2.05, 4.69) is 31.9 Å². The maximum atomic E-state index is 11.1. The van der Waals surface area contributed by atoms with Crippen LogP contribution in [-0.4, -0.2) is 16.2 Å². The largest absolute Gasteiger partial charge is 0.508 e. The fourth-order valence-electron chi connectivity index (χ4n) is 0.939. The maximum Gasteiger partial charge on any atom is 0.147 e. The van der Waals surface area contributed by atoms with E-state index < -0.39 is 0 Å². The molecule has 0 atom stereocenters. The molecule has 1 rings (SSSR count). The number of rotatable bonds is 3. The first-order valence-electron chi connectivity index (χ1n) is 3.68. The molecule has 0 saturated heterocycles. The molecule has 1 aromatic rings. The lowest BCUT2D eigenvalue weighted by atomic mass is 10.1. The van der Waals surface area contributed by atoms with E-state index >= 15 is 0 Å². The molecule has 0 saturated carbocycles. The van der Waals surface area contributed by atoms with Crippen LogP contribution in [0.4, 0.5) is 0 Å². The molecule has 4 heteroatoms. The van der Waals surface area contributed by atoms with Gasteiger partial charge in [0.25, 0.3) is 0 Å². The normalized spacial score (nSPS) is 10.0. The Bertz CT molecular complexity index is 323. The summed E-state index contributed by atoms with van der Waals surface area (Å²) in [6, 6.07) is 4.89. The molecule has 0 bridgehead atoms. The summed E-state index contributed by atoms with van der Waals surface area (Å²) in [4.78, 5) is 11.1. The van der Waals surface area contributed by atoms with Crippen molar-refractivity contribution >= 4 is 37.6 Å². The lowest BCUT2D eigenvalue weighted by Gasteiger charge is -2.02. The highest BCUT2D eigenvalue weighted by Gasteiger charge is 2.05. The van der Waals surface area contributed by atoms with Gasteiger partial charge in [0.15, 0.2) is 0 Å². The van der Waals surface area contributed by atoms with Crippen molar-refractivity contribution in [1.82, 2.24) is 0 Å². The summed E-state index contributed by atoms with van der Waals surface area (Å²) in [5.41, 5.74) is 0.891. The second kappa shape index (κ2) is 4.77. The Morgan fingerprint density at radius 1 is 1.46 bits per heavy atom. The third-order valence-electron chi connectivity index (χ3n) is 1.57. The van der Waals surface area contributed by atoms with E-state index in [1.165, 1.54) is 0 Å². The SMILES string of the molecule is O=C(CBr)Cc1ccc(O)cc1Br. The van der Waals surface area contributed by atoms with Crippen LogP contribution in [0.1, 0.15) is 5.56 Å². The zero-order chi connectivity index (χ0) is 9.84. The van der Waals surface area contributed by atoms with Crippen LogP contribution in [-0.2, 0) is 11.2 Å². The van der Waals surface area contributed by atoms with E-state index in [-0.39, 0.29) is 11.5 Å². The third-order valence-corrected chi connectivity index (χ3v) is 2.94. The van der Waals surface area contributed by atoms with Crippen molar-refractivity contribution in [2.45, 2.75) is 6.42 Å². The van der Waals surface area contributed by atoms with E-state index in [0.29, 0.717) is 11.8 Å². The van der Waals surface area contributed by atoms with Crippen molar-refractivity contribution in [1.29, 1.82) is 0 Å². The van der Waals surface area contributed by atoms with Gasteiger partial charge < -0.3 is 5.11 Å². The first kappa shape index (κ1) is 10.7. The van der Waals surface area contributed by atoms with Gasteiger partial charge in [0, 0.05) is 10.9 Å². The Labute approximate surface area is 93.2 Å². The number of benzene rings is 1. The van der Waals surface area contributed by atoms with Gasteiger partial charge in [0.2, 0.25) is 0 Å². The number of hydrogen-bond donors (Lipinski definition) is 1. The molecule has 0 amide bonds. The molecule has 0 aromatic heterocycles. The minimum absolute atomic E-state index is 0.117. The van der Waals surface area contributed by atoms with Gasteiger partial charge in [-0.05, 0) is 17.7 Å². The predicted octanol–water partition coefficient (Wildman–Crippen LogP) is 2.66. The number of phenols is 1. The van der Waals surface area contributed by atoms with E-state index in [4.69, 9.17) is 5.11 Å². The Kier molecular flexibility index (Phi) is 3.93. The molecule has 1 N–H and O–H groups in total. The summed E-state index contributed by atoms with van der Waals surface area (Å²) < 4.78 is 0.766. The van der Waals surface area contributed by atoms with Crippen LogP contribution < -0.4 is 0 Å². The summed E-state index contributed by atoms with van der Waals surface area (Å²) in [6.45, 7) is 0. The van der Waals surface area contributed by atoms with Crippen LogP contribution in [0.5, 0.6) is 5.75 Å². The number of carbonyl (C=O) groups is 1. The molecule has 0 spiro atoms. The monoisotopic (exact) mass is 306 g/mol. The fraction of sp³-hybridized carbons (Fsp3) is 0.222. The van der Waals surface area contributed by atoms with Crippen LogP contribution in [0.15, 0.2) is 22.7 Å². The molecule has 0 aliphatic rings. The summed E-state index contributed by atoms with van der Waals surface area (Å²) in [5.74, 6) is 0.313. The van der Waals surface area contributed by atoms with Crippen molar-refractivity contribution in [3.8, 4) is 5.75 Å². The Hall–Kier alpha value is -0.350. The molecule has 2 nitrogen and oxygen atoms in total. The van der Waals surface area contributed by atoms with Crippen LogP contribution in [0.3, 0.4) is 0 Å². The van der Waals surface area contributed by atoms with E-state index in [1.807, 2.05) is 0 Å². The molecule has 0 fully saturated rings. The number of phenolic OH excluding ortho intramolecular Hbond substituents is 1. The van der Waals surface area contributed by atoms with Crippen LogP contribution in [0.25, 0.3) is 0 Å². The highest BCUT2D eigenvalue weighted by atomic mass is 79.9. The van der Waals surface area contributed by atoms with Gasteiger partial charge in [-0.1, -0.05) is 37.9 Å². The number of alkyl halides is 1. The first-order valence-corrected chi connectivity index (χ1v) is 5.60. The first-order chi connectivity index (χ1) is 6.13. The molecule has 0 heterocycles. The standard InChI is InChI=1S/C9H8Br2O2/c10-5-8(13)3-6-1-2-7(12)4-9(6)11/h1-2,4,12H,3,5H2. The predicted molar refractivity (Wildman–Crippen MR) is 58.3 cm³/mol. The zero-order valence-electron chi connectivity index (χ0n) is 6.76. The zero-order valence-corrected chi connectivity index (χ0v) is 9.93. The van der Waals surface area contributed by atoms with Crippen molar-refractivity contribution in [3.63, 3.8) is 0 Å². The topological polar surface area (TPSA) is 37.3 Å². The minimum atomic E-state index is 0.117. The minimum Gasteiger partial charge on any atom is -0.508 e. The average Bonchev–Trinajstić information content (AvgIpc) is 2.09. The van der Waals surface area contributed by atoms with Gasteiger partial charge in [-0.3, -0.25) is 4.79 Å². The Morgan fingerprint density at radius 2 is 2.15 bits per heavy atom. The highest BCUT2D eigenvalue weighted by molar-refractivity contribution is 9.10. The second-order valence-corrected chi connectivity index (χ2v) is 4.04. The maximum absolute atomic E-state index is 11.1. The quantitative estimate of drug-likeness (QED) is 0.872. The summed E-state index contributed by atoms with van der Waals surface area (Å²) in [6.07, 6.45) is 0.381. The van der Waals surface area contributed by atoms with Gasteiger partial charge in [0.1, 0.15) is 11.5 Å². The molecule has 70 valence electrons. The van der Waals surface area contributed by atoms with Crippen LogP contribution in [0.2, 0.25) is 0 Å². The molecule has 0 radical (unpaired) electrons. The molecular formula is C9H8Br2O2. The van der Waals surface area contributed by atoms with Crippen molar-refractivity contribution in [2.24, 2.45) is 0 Å². The number of halogens is 2. The van der Waals surface area contributed by atoms with Crippen molar-refractivity contribution in [3.05, 3.63) is 28.2 Å². The lowest BCUT2D eigenvalue weighted by Crippen LogP contribution is -2.03. The van der Waals surface area contributed by atoms with Gasteiger partial charge in [-0.25, -0.2) is 0 Å². The Balaban J connectivity index is 2.83. The van der Waals surface area contributed by atoms with Gasteiger partial charge in [-0.2, -0.15) is 0 Å². The summed E-state index contributed by atoms with van der Waals surface area (Å²) in [5, 5.41) is 9.47. The average molecular weight is 308 g/mol. The number of ketones is 1. The number of aromatic hydroxyl groups is 1. The van der Waals surface area contributed by atoms with Gasteiger partial charge in [0.05, 0.1) is 5.33 Å². The number of hydrogen-bond acceptors (Lipinski definition) is 2. The van der Waals surface area contributed by atoms with Crippen molar-refractivity contribution in [2.75, 3.05) is 5.33 Å². The lowest BCUT2D eigenvalue weighted by molar-refractivity contribution is -0.115. The molecule has 0 aliphatic carbocycles. The van der Waals surface area contributed by atoms with Crippen LogP contribution in [0, 0.1) is 0 Å². The third kappa shape index (κ3) is 3.12. The van der Waals surface area contributed by atoms with Gasteiger partial charge in [-0.15, -0.1) is 0 Å². The molecule has 0 aliphatic heterocycles. The fourth-order valence-corrected chi connectivity index (χ4v) is 1.64. The highest BCUT2D eigenvalue weighted by Crippen LogP contribution is 2.22. The Morgan fingerprint density at radius 3 is 2.69 bits per heavy atom. The number of Topliss-reactive ketones (excluding diaryl/α,β-unsaturated/α-hetero) is 1. The molecular weight excluding hydrogens is 300 g/mol. The summed E-state index contributed by atoms with van der Waals surface area (Å²) >= 11 is 6.37. The van der Waals surface area contributed by atoms with Crippen LogP contribution >= 0.6 is 31.9 Å². The van der Waals surface area contributed by atoms with E-state index in [0.717, 1.165) is 10.0 Å². The molecule has 0 unspecified atom stereocenters. The van der Waals surface area contributed by atoms with E-state index in [9.17, 15) is 4.79 Å². The molecule has 13 heavy (non-hydrogen) atoms.